The van der Waals surface area contributed by atoms with Crippen molar-refractivity contribution in [3.8, 4) is 0 Å². The van der Waals surface area contributed by atoms with Gasteiger partial charge < -0.3 is 14.8 Å². The summed E-state index contributed by atoms with van der Waals surface area (Å²) in [6, 6.07) is 0. The largest absolute Gasteiger partial charge is 0.474 e. The first-order chi connectivity index (χ1) is 6.65. The SMILES string of the molecule is CC(C)(O)C(C)(C)OB(O)C(Cl)C1CC1. The highest BCUT2D eigenvalue weighted by molar-refractivity contribution is 6.58. The van der Waals surface area contributed by atoms with E-state index in [0.717, 1.165) is 12.8 Å². The normalized spacial score (nSPS) is 20.2. The van der Waals surface area contributed by atoms with Gasteiger partial charge in [-0.3, -0.25) is 0 Å². The lowest BCUT2D eigenvalue weighted by Crippen LogP contribution is -2.52. The maximum absolute atomic E-state index is 9.85. The van der Waals surface area contributed by atoms with Crippen molar-refractivity contribution in [2.24, 2.45) is 5.92 Å². The first-order valence-electron chi connectivity index (χ1n) is 5.37. The number of halogens is 1. The van der Waals surface area contributed by atoms with E-state index in [1.807, 2.05) is 0 Å². The van der Waals surface area contributed by atoms with Gasteiger partial charge in [0, 0.05) is 0 Å². The second-order valence-electron chi connectivity index (χ2n) is 5.36. The molecule has 1 atom stereocenters. The Morgan fingerprint density at radius 1 is 1.33 bits per heavy atom. The van der Waals surface area contributed by atoms with Crippen molar-refractivity contribution in [3.05, 3.63) is 0 Å². The van der Waals surface area contributed by atoms with Crippen LogP contribution in [0.5, 0.6) is 0 Å². The number of rotatable bonds is 5. The van der Waals surface area contributed by atoms with Crippen molar-refractivity contribution in [3.63, 3.8) is 0 Å². The summed E-state index contributed by atoms with van der Waals surface area (Å²) in [7, 11) is -1.01. The van der Waals surface area contributed by atoms with Crippen LogP contribution in [-0.4, -0.2) is 33.7 Å². The topological polar surface area (TPSA) is 49.7 Å². The Morgan fingerprint density at radius 2 is 1.80 bits per heavy atom. The van der Waals surface area contributed by atoms with Crippen LogP contribution in [0.2, 0.25) is 0 Å². The fraction of sp³-hybridized carbons (Fsp3) is 1.00. The Balaban J connectivity index is 2.52. The standard InChI is InChI=1S/C10H20BClO3/c1-9(2,13)10(3,4)15-11(14)8(12)7-5-6-7/h7-8,13-14H,5-6H2,1-4H3. The molecule has 0 aliphatic heterocycles. The highest BCUT2D eigenvalue weighted by atomic mass is 35.5. The summed E-state index contributed by atoms with van der Waals surface area (Å²) in [6.45, 7) is 6.79. The maximum Gasteiger partial charge on any atom is 0.474 e. The third kappa shape index (κ3) is 3.35. The average Bonchev–Trinajstić information content (AvgIpc) is 2.81. The summed E-state index contributed by atoms with van der Waals surface area (Å²) in [5, 5.41) is 19.2. The Hall–Kier alpha value is 0.235. The van der Waals surface area contributed by atoms with E-state index in [-0.39, 0.29) is 5.28 Å². The molecule has 1 saturated carbocycles. The van der Waals surface area contributed by atoms with Gasteiger partial charge in [0.15, 0.2) is 0 Å². The average molecular weight is 235 g/mol. The van der Waals surface area contributed by atoms with E-state index in [1.54, 1.807) is 27.7 Å². The minimum absolute atomic E-state index is 0.360. The molecule has 15 heavy (non-hydrogen) atoms. The van der Waals surface area contributed by atoms with E-state index in [4.69, 9.17) is 16.3 Å². The fourth-order valence-corrected chi connectivity index (χ4v) is 1.46. The predicted octanol–water partition coefficient (Wildman–Crippen LogP) is 1.59. The van der Waals surface area contributed by atoms with Gasteiger partial charge in [0.25, 0.3) is 0 Å². The van der Waals surface area contributed by atoms with Crippen LogP contribution in [0.4, 0.5) is 0 Å². The zero-order chi connectivity index (χ0) is 11.9. The van der Waals surface area contributed by atoms with Gasteiger partial charge in [-0.15, -0.1) is 11.6 Å². The molecule has 0 bridgehead atoms. The smallest absolute Gasteiger partial charge is 0.426 e. The lowest BCUT2D eigenvalue weighted by atomic mass is 9.78. The van der Waals surface area contributed by atoms with Crippen molar-refractivity contribution >= 4 is 18.7 Å². The lowest BCUT2D eigenvalue weighted by Gasteiger charge is -2.39. The minimum atomic E-state index is -1.02. The molecule has 0 amide bonds. The molecule has 1 rings (SSSR count). The third-order valence-electron chi connectivity index (χ3n) is 3.23. The quantitative estimate of drug-likeness (QED) is 0.561. The van der Waals surface area contributed by atoms with Crippen molar-refractivity contribution in [2.75, 3.05) is 0 Å². The van der Waals surface area contributed by atoms with Crippen molar-refractivity contribution in [1.29, 1.82) is 0 Å². The van der Waals surface area contributed by atoms with E-state index in [9.17, 15) is 10.1 Å². The molecule has 3 nitrogen and oxygen atoms in total. The van der Waals surface area contributed by atoms with Crippen molar-refractivity contribution < 1.29 is 14.8 Å². The van der Waals surface area contributed by atoms with Gasteiger partial charge >= 0.3 is 7.12 Å². The van der Waals surface area contributed by atoms with E-state index in [2.05, 4.69) is 0 Å². The fourth-order valence-electron chi connectivity index (χ4n) is 1.16. The molecule has 1 fully saturated rings. The minimum Gasteiger partial charge on any atom is -0.426 e. The van der Waals surface area contributed by atoms with Crippen molar-refractivity contribution in [1.82, 2.24) is 0 Å². The Bertz CT molecular complexity index is 223. The van der Waals surface area contributed by atoms with E-state index in [0.29, 0.717) is 5.92 Å². The molecule has 0 aromatic carbocycles. The van der Waals surface area contributed by atoms with Gasteiger partial charge in [-0.1, -0.05) is 0 Å². The second kappa shape index (κ2) is 4.25. The summed E-state index contributed by atoms with van der Waals surface area (Å²) in [6.07, 6.45) is 2.11. The first-order valence-corrected chi connectivity index (χ1v) is 5.81. The van der Waals surface area contributed by atoms with Gasteiger partial charge in [-0.2, -0.15) is 0 Å². The zero-order valence-corrected chi connectivity index (χ0v) is 10.6. The van der Waals surface area contributed by atoms with Crippen LogP contribution in [0.15, 0.2) is 0 Å². The van der Waals surface area contributed by atoms with Crippen LogP contribution < -0.4 is 0 Å². The lowest BCUT2D eigenvalue weighted by molar-refractivity contribution is -0.100. The number of hydrogen-bond donors (Lipinski definition) is 2. The Kier molecular flexibility index (Phi) is 3.76. The summed E-state index contributed by atoms with van der Waals surface area (Å²) < 4.78 is 5.44. The highest BCUT2D eigenvalue weighted by Crippen LogP contribution is 2.38. The van der Waals surface area contributed by atoms with Gasteiger partial charge in [0.2, 0.25) is 0 Å². The summed E-state index contributed by atoms with van der Waals surface area (Å²) in [5.74, 6) is 0.360. The molecule has 2 N–H and O–H groups in total. The van der Waals surface area contributed by atoms with Gasteiger partial charge in [-0.05, 0) is 46.5 Å². The molecule has 5 heteroatoms. The molecule has 0 spiro atoms. The number of hydrogen-bond acceptors (Lipinski definition) is 3. The summed E-state index contributed by atoms with van der Waals surface area (Å²) in [4.78, 5) is 0. The monoisotopic (exact) mass is 234 g/mol. The van der Waals surface area contributed by atoms with Gasteiger partial charge in [-0.25, -0.2) is 0 Å². The van der Waals surface area contributed by atoms with Crippen molar-refractivity contribution in [2.45, 2.75) is 57.0 Å². The first kappa shape index (κ1) is 13.3. The summed E-state index contributed by atoms with van der Waals surface area (Å²) in [5.41, 5.74) is -1.84. The van der Waals surface area contributed by atoms with Gasteiger partial charge in [0.1, 0.15) is 0 Å². The predicted molar refractivity (Wildman–Crippen MR) is 61.8 cm³/mol. The van der Waals surface area contributed by atoms with Crippen LogP contribution in [0.25, 0.3) is 0 Å². The molecule has 1 aliphatic carbocycles. The molecule has 0 aromatic rings. The van der Waals surface area contributed by atoms with E-state index >= 15 is 0 Å². The van der Waals surface area contributed by atoms with Crippen LogP contribution in [0.1, 0.15) is 40.5 Å². The number of alkyl halides is 1. The van der Waals surface area contributed by atoms with E-state index < -0.39 is 18.3 Å². The van der Waals surface area contributed by atoms with Crippen LogP contribution in [-0.2, 0) is 4.65 Å². The second-order valence-corrected chi connectivity index (χ2v) is 5.86. The van der Waals surface area contributed by atoms with Crippen LogP contribution >= 0.6 is 11.6 Å². The maximum atomic E-state index is 9.85. The Labute approximate surface area is 96.9 Å². The van der Waals surface area contributed by atoms with Crippen LogP contribution in [0.3, 0.4) is 0 Å². The van der Waals surface area contributed by atoms with E-state index in [1.165, 1.54) is 0 Å². The molecule has 1 unspecified atom stereocenters. The summed E-state index contributed by atoms with van der Waals surface area (Å²) >= 11 is 6.03. The van der Waals surface area contributed by atoms with Gasteiger partial charge in [0.05, 0.1) is 16.5 Å². The number of aliphatic hydroxyl groups is 1. The Morgan fingerprint density at radius 3 is 2.13 bits per heavy atom. The molecule has 1 aliphatic rings. The zero-order valence-electron chi connectivity index (χ0n) is 9.83. The third-order valence-corrected chi connectivity index (χ3v) is 3.81. The molecule has 0 heterocycles. The molecular weight excluding hydrogens is 214 g/mol. The van der Waals surface area contributed by atoms with Crippen LogP contribution in [0, 0.1) is 5.92 Å². The molecule has 0 saturated heterocycles. The molecule has 88 valence electrons. The molecule has 0 aromatic heterocycles. The highest BCUT2D eigenvalue weighted by Gasteiger charge is 2.45. The molecule has 0 radical (unpaired) electrons. The molecular formula is C10H20BClO3.